The molecule has 0 aliphatic carbocycles. The van der Waals surface area contributed by atoms with Gasteiger partial charge in [-0.05, 0) is 36.2 Å². The predicted octanol–water partition coefficient (Wildman–Crippen LogP) is 5.28. The Balaban J connectivity index is 1.73. The number of aromatic nitrogens is 1. The minimum absolute atomic E-state index is 0.148. The van der Waals surface area contributed by atoms with Gasteiger partial charge in [0.25, 0.3) is 5.91 Å². The number of amides is 1. The van der Waals surface area contributed by atoms with Gasteiger partial charge in [-0.3, -0.25) is 10.1 Å². The molecule has 5 heteroatoms. The summed E-state index contributed by atoms with van der Waals surface area (Å²) < 4.78 is 0. The van der Waals surface area contributed by atoms with Gasteiger partial charge in [0.15, 0.2) is 5.13 Å². The summed E-state index contributed by atoms with van der Waals surface area (Å²) >= 11 is 7.29. The Morgan fingerprint density at radius 1 is 1.13 bits per heavy atom. The van der Waals surface area contributed by atoms with E-state index in [9.17, 15) is 4.79 Å². The molecule has 23 heavy (non-hydrogen) atoms. The Morgan fingerprint density at radius 3 is 2.48 bits per heavy atom. The predicted molar refractivity (Wildman–Crippen MR) is 96.3 cm³/mol. The van der Waals surface area contributed by atoms with Crippen LogP contribution in [0.15, 0.2) is 53.9 Å². The zero-order valence-electron chi connectivity index (χ0n) is 12.5. The monoisotopic (exact) mass is 342 g/mol. The summed E-state index contributed by atoms with van der Waals surface area (Å²) in [4.78, 5) is 16.7. The van der Waals surface area contributed by atoms with E-state index in [1.165, 1.54) is 16.9 Å². The maximum atomic E-state index is 12.2. The van der Waals surface area contributed by atoms with Gasteiger partial charge < -0.3 is 0 Å². The number of rotatable bonds is 4. The normalized spacial score (nSPS) is 10.5. The molecular weight excluding hydrogens is 328 g/mol. The average Bonchev–Trinajstić information content (AvgIpc) is 3.04. The molecule has 1 heterocycles. The Hall–Kier alpha value is -2.17. The fraction of sp³-hybridized carbons (Fsp3) is 0.111. The number of aryl methyl sites for hydroxylation is 1. The highest BCUT2D eigenvalue weighted by Gasteiger charge is 2.10. The van der Waals surface area contributed by atoms with E-state index in [4.69, 9.17) is 11.6 Å². The third kappa shape index (κ3) is 3.78. The molecule has 1 aromatic heterocycles. The van der Waals surface area contributed by atoms with Crippen LogP contribution in [0.5, 0.6) is 0 Å². The Morgan fingerprint density at radius 2 is 1.83 bits per heavy atom. The first-order chi connectivity index (χ1) is 11.2. The molecule has 0 radical (unpaired) electrons. The van der Waals surface area contributed by atoms with Crippen molar-refractivity contribution < 1.29 is 4.79 Å². The maximum absolute atomic E-state index is 12.2. The van der Waals surface area contributed by atoms with Crippen molar-refractivity contribution in [2.45, 2.75) is 13.3 Å². The van der Waals surface area contributed by atoms with Crippen LogP contribution in [-0.4, -0.2) is 10.9 Å². The van der Waals surface area contributed by atoms with Gasteiger partial charge in [0.2, 0.25) is 0 Å². The lowest BCUT2D eigenvalue weighted by Crippen LogP contribution is -2.11. The molecule has 0 bridgehead atoms. The first-order valence-corrected chi connectivity index (χ1v) is 8.53. The number of benzene rings is 2. The van der Waals surface area contributed by atoms with Crippen LogP contribution in [0.3, 0.4) is 0 Å². The highest BCUT2D eigenvalue weighted by Crippen LogP contribution is 2.26. The van der Waals surface area contributed by atoms with Crippen LogP contribution >= 0.6 is 22.9 Å². The van der Waals surface area contributed by atoms with Crippen LogP contribution in [-0.2, 0) is 6.42 Å². The van der Waals surface area contributed by atoms with E-state index in [0.29, 0.717) is 15.7 Å². The molecular formula is C18H15ClN2OS. The van der Waals surface area contributed by atoms with E-state index >= 15 is 0 Å². The van der Waals surface area contributed by atoms with Crippen LogP contribution in [0.2, 0.25) is 5.02 Å². The van der Waals surface area contributed by atoms with E-state index in [1.807, 2.05) is 53.9 Å². The summed E-state index contributed by atoms with van der Waals surface area (Å²) in [5, 5.41) is 6.03. The lowest BCUT2D eigenvalue weighted by atomic mass is 10.1. The van der Waals surface area contributed by atoms with Gasteiger partial charge in [0.05, 0.1) is 5.69 Å². The first-order valence-electron chi connectivity index (χ1n) is 7.27. The number of hydrogen-bond acceptors (Lipinski definition) is 3. The van der Waals surface area contributed by atoms with Crippen LogP contribution in [0.25, 0.3) is 11.3 Å². The van der Waals surface area contributed by atoms with Crippen LogP contribution in [0.1, 0.15) is 22.8 Å². The molecule has 0 atom stereocenters. The molecule has 0 aliphatic heterocycles. The summed E-state index contributed by atoms with van der Waals surface area (Å²) in [6.45, 7) is 2.09. The molecule has 0 spiro atoms. The van der Waals surface area contributed by atoms with Gasteiger partial charge in [-0.1, -0.05) is 42.8 Å². The van der Waals surface area contributed by atoms with Crippen molar-refractivity contribution in [3.8, 4) is 11.3 Å². The maximum Gasteiger partial charge on any atom is 0.257 e. The molecule has 0 saturated heterocycles. The highest BCUT2D eigenvalue weighted by molar-refractivity contribution is 7.14. The number of hydrogen-bond donors (Lipinski definition) is 1. The third-order valence-electron chi connectivity index (χ3n) is 3.49. The Kier molecular flexibility index (Phi) is 4.74. The second-order valence-electron chi connectivity index (χ2n) is 5.05. The van der Waals surface area contributed by atoms with Crippen molar-refractivity contribution >= 4 is 34.0 Å². The molecule has 0 aliphatic rings. The number of nitrogens with zero attached hydrogens (tertiary/aromatic N) is 1. The van der Waals surface area contributed by atoms with E-state index in [0.717, 1.165) is 17.7 Å². The van der Waals surface area contributed by atoms with Crippen molar-refractivity contribution in [1.82, 2.24) is 4.98 Å². The van der Waals surface area contributed by atoms with Crippen molar-refractivity contribution in [3.05, 3.63) is 70.1 Å². The average molecular weight is 343 g/mol. The summed E-state index contributed by atoms with van der Waals surface area (Å²) in [7, 11) is 0. The quantitative estimate of drug-likeness (QED) is 0.701. The molecule has 1 N–H and O–H groups in total. The topological polar surface area (TPSA) is 42.0 Å². The second-order valence-corrected chi connectivity index (χ2v) is 6.34. The number of carbonyl (C=O) groups excluding carboxylic acids is 1. The number of carbonyl (C=O) groups is 1. The minimum Gasteiger partial charge on any atom is -0.298 e. The fourth-order valence-electron chi connectivity index (χ4n) is 2.15. The molecule has 2 aromatic carbocycles. The lowest BCUT2D eigenvalue weighted by Gasteiger charge is -2.03. The zero-order chi connectivity index (χ0) is 16.2. The Bertz CT molecular complexity index is 810. The largest absolute Gasteiger partial charge is 0.298 e. The van der Waals surface area contributed by atoms with Crippen LogP contribution in [0, 0.1) is 0 Å². The molecule has 1 amide bonds. The third-order valence-corrected chi connectivity index (χ3v) is 4.50. The van der Waals surface area contributed by atoms with E-state index in [2.05, 4.69) is 17.2 Å². The van der Waals surface area contributed by atoms with Crippen molar-refractivity contribution in [2.24, 2.45) is 0 Å². The fourth-order valence-corrected chi connectivity index (χ4v) is 2.99. The summed E-state index contributed by atoms with van der Waals surface area (Å²) in [6.07, 6.45) is 0.957. The van der Waals surface area contributed by atoms with Gasteiger partial charge >= 0.3 is 0 Å². The first kappa shape index (κ1) is 15.7. The number of halogens is 1. The van der Waals surface area contributed by atoms with Crippen molar-refractivity contribution in [1.29, 1.82) is 0 Å². The molecule has 3 rings (SSSR count). The van der Waals surface area contributed by atoms with Gasteiger partial charge in [-0.25, -0.2) is 4.98 Å². The number of nitrogens with one attached hydrogen (secondary N) is 1. The van der Waals surface area contributed by atoms with Gasteiger partial charge in [0.1, 0.15) is 0 Å². The molecule has 0 saturated carbocycles. The van der Waals surface area contributed by atoms with Gasteiger partial charge in [-0.2, -0.15) is 0 Å². The standard InChI is InChI=1S/C18H15ClN2OS/c1-2-12-3-5-14(6-4-12)17(22)21-18-20-16(11-23-18)13-7-9-15(19)10-8-13/h3-11H,2H2,1H3,(H,20,21,22). The lowest BCUT2D eigenvalue weighted by molar-refractivity contribution is 0.102. The van der Waals surface area contributed by atoms with Crippen LogP contribution < -0.4 is 5.32 Å². The minimum atomic E-state index is -0.148. The smallest absolute Gasteiger partial charge is 0.257 e. The SMILES string of the molecule is CCc1ccc(C(=O)Nc2nc(-c3ccc(Cl)cc3)cs2)cc1. The van der Waals surface area contributed by atoms with Crippen molar-refractivity contribution in [2.75, 3.05) is 5.32 Å². The van der Waals surface area contributed by atoms with Crippen molar-refractivity contribution in [3.63, 3.8) is 0 Å². The summed E-state index contributed by atoms with van der Waals surface area (Å²) in [5.41, 5.74) is 3.63. The zero-order valence-corrected chi connectivity index (χ0v) is 14.1. The number of thiazole rings is 1. The highest BCUT2D eigenvalue weighted by atomic mass is 35.5. The van der Waals surface area contributed by atoms with E-state index in [-0.39, 0.29) is 5.91 Å². The molecule has 0 fully saturated rings. The molecule has 116 valence electrons. The summed E-state index contributed by atoms with van der Waals surface area (Å²) in [5.74, 6) is -0.148. The van der Waals surface area contributed by atoms with E-state index in [1.54, 1.807) is 0 Å². The molecule has 0 unspecified atom stereocenters. The van der Waals surface area contributed by atoms with Gasteiger partial charge in [-0.15, -0.1) is 11.3 Å². The molecule has 3 aromatic rings. The summed E-state index contributed by atoms with van der Waals surface area (Å²) in [6, 6.07) is 15.1. The van der Waals surface area contributed by atoms with Gasteiger partial charge in [0, 0.05) is 21.5 Å². The number of anilines is 1. The molecule has 3 nitrogen and oxygen atoms in total. The Labute approximate surface area is 144 Å². The van der Waals surface area contributed by atoms with E-state index < -0.39 is 0 Å². The second kappa shape index (κ2) is 6.94. The van der Waals surface area contributed by atoms with Crippen LogP contribution in [0.4, 0.5) is 5.13 Å².